The molecule has 194 valence electrons. The zero-order valence-corrected chi connectivity index (χ0v) is 22.7. The van der Waals surface area contributed by atoms with Crippen LogP contribution in [0.4, 0.5) is 5.69 Å². The Morgan fingerprint density at radius 3 is 2.25 bits per heavy atom. The quantitative estimate of drug-likeness (QED) is 0.139. The number of amides is 1. The lowest BCUT2D eigenvalue weighted by Gasteiger charge is -2.09. The van der Waals surface area contributed by atoms with Crippen molar-refractivity contribution >= 4 is 22.9 Å². The summed E-state index contributed by atoms with van der Waals surface area (Å²) in [6, 6.07) is 15.5. The maximum atomic E-state index is 12.8. The van der Waals surface area contributed by atoms with Gasteiger partial charge < -0.3 is 10.1 Å². The molecule has 0 fully saturated rings. The second-order valence-corrected chi connectivity index (χ2v) is 10.4. The Kier molecular flexibility index (Phi) is 13.1. The molecule has 0 bridgehead atoms. The first-order valence-electron chi connectivity index (χ1n) is 13.8. The van der Waals surface area contributed by atoms with Gasteiger partial charge in [-0.05, 0) is 36.8 Å². The van der Waals surface area contributed by atoms with E-state index in [-0.39, 0.29) is 5.91 Å². The lowest BCUT2D eigenvalue weighted by molar-refractivity contribution is -0.683. The van der Waals surface area contributed by atoms with Gasteiger partial charge >= 0.3 is 0 Å². The fourth-order valence-corrected chi connectivity index (χ4v) is 4.97. The molecule has 0 aliphatic carbocycles. The zero-order valence-electron chi connectivity index (χ0n) is 21.9. The van der Waals surface area contributed by atoms with Crippen molar-refractivity contribution in [3.63, 3.8) is 0 Å². The summed E-state index contributed by atoms with van der Waals surface area (Å²) in [7, 11) is 0. The second-order valence-electron chi connectivity index (χ2n) is 9.62. The Labute approximate surface area is 221 Å². The third-order valence-corrected chi connectivity index (χ3v) is 7.11. The molecule has 1 aromatic heterocycles. The maximum absolute atomic E-state index is 12.8. The van der Waals surface area contributed by atoms with Gasteiger partial charge in [-0.25, -0.2) is 0 Å². The minimum atomic E-state index is -0.119. The van der Waals surface area contributed by atoms with Gasteiger partial charge in [0.15, 0.2) is 12.7 Å². The summed E-state index contributed by atoms with van der Waals surface area (Å²) in [5, 5.41) is 5.08. The fourth-order valence-electron chi connectivity index (χ4n) is 4.37. The summed E-state index contributed by atoms with van der Waals surface area (Å²) in [5.74, 6) is 0.638. The first-order chi connectivity index (χ1) is 17.7. The molecule has 0 aliphatic rings. The highest BCUT2D eigenvalue weighted by atomic mass is 32.1. The number of benzene rings is 2. The lowest BCUT2D eigenvalue weighted by Crippen LogP contribution is -2.30. The Morgan fingerprint density at radius 2 is 1.56 bits per heavy atom. The summed E-state index contributed by atoms with van der Waals surface area (Å²) >= 11 is 1.67. The van der Waals surface area contributed by atoms with Crippen molar-refractivity contribution in [2.24, 2.45) is 0 Å². The number of hydrogen-bond donors (Lipinski definition) is 1. The van der Waals surface area contributed by atoms with Crippen molar-refractivity contribution in [2.45, 2.75) is 90.5 Å². The Hall–Kier alpha value is -2.66. The van der Waals surface area contributed by atoms with E-state index in [2.05, 4.69) is 40.0 Å². The molecule has 1 N–H and O–H groups in total. The van der Waals surface area contributed by atoms with E-state index in [4.69, 9.17) is 4.74 Å². The summed E-state index contributed by atoms with van der Waals surface area (Å²) in [5.41, 5.74) is 4.64. The highest BCUT2D eigenvalue weighted by Gasteiger charge is 2.09. The summed E-state index contributed by atoms with van der Waals surface area (Å²) in [6.45, 7) is 3.76. The molecule has 0 saturated heterocycles. The molecule has 3 rings (SSSR count). The molecule has 4 nitrogen and oxygen atoms in total. The molecule has 0 atom stereocenters. The third-order valence-electron chi connectivity index (χ3n) is 6.44. The lowest BCUT2D eigenvalue weighted by atomic mass is 10.1. The molecular weight excluding hydrogens is 464 g/mol. The molecule has 0 unspecified atom stereocenters. The SMILES string of the molecule is CCCCCCCCCCCCCCOc1cccc(C(=O)Nc2cccc(C[n+]3ccsc3)c2)c1. The topological polar surface area (TPSA) is 42.2 Å². The van der Waals surface area contributed by atoms with Crippen molar-refractivity contribution in [3.8, 4) is 5.75 Å². The van der Waals surface area contributed by atoms with Crippen LogP contribution in [0.15, 0.2) is 65.6 Å². The number of thiazole rings is 1. The van der Waals surface area contributed by atoms with E-state index in [1.807, 2.05) is 42.5 Å². The van der Waals surface area contributed by atoms with Crippen molar-refractivity contribution in [3.05, 3.63) is 76.7 Å². The largest absolute Gasteiger partial charge is 0.494 e. The van der Waals surface area contributed by atoms with Crippen molar-refractivity contribution in [1.29, 1.82) is 0 Å². The predicted octanol–water partition coefficient (Wildman–Crippen LogP) is 8.42. The van der Waals surface area contributed by atoms with Crippen LogP contribution < -0.4 is 14.6 Å². The van der Waals surface area contributed by atoms with Crippen LogP contribution in [0.25, 0.3) is 0 Å². The van der Waals surface area contributed by atoms with Gasteiger partial charge in [-0.15, -0.1) is 0 Å². The van der Waals surface area contributed by atoms with E-state index in [0.717, 1.165) is 30.0 Å². The highest BCUT2D eigenvalue weighted by molar-refractivity contribution is 7.07. The van der Waals surface area contributed by atoms with E-state index in [1.54, 1.807) is 11.3 Å². The maximum Gasteiger partial charge on any atom is 0.255 e. The normalized spacial score (nSPS) is 10.9. The first kappa shape index (κ1) is 27.9. The molecule has 0 spiro atoms. The third kappa shape index (κ3) is 10.9. The first-order valence-corrected chi connectivity index (χ1v) is 14.7. The highest BCUT2D eigenvalue weighted by Crippen LogP contribution is 2.18. The molecule has 1 amide bonds. The molecule has 0 radical (unpaired) electrons. The molecule has 3 aromatic rings. The van der Waals surface area contributed by atoms with Crippen molar-refractivity contribution < 1.29 is 14.1 Å². The predicted molar refractivity (Wildman–Crippen MR) is 151 cm³/mol. The molecule has 5 heteroatoms. The second kappa shape index (κ2) is 16.9. The van der Waals surface area contributed by atoms with Gasteiger partial charge in [0.2, 0.25) is 5.51 Å². The van der Waals surface area contributed by atoms with Gasteiger partial charge in [-0.2, -0.15) is 4.57 Å². The van der Waals surface area contributed by atoms with Crippen LogP contribution in [0.3, 0.4) is 0 Å². The minimum absolute atomic E-state index is 0.119. The molecule has 0 saturated carbocycles. The van der Waals surface area contributed by atoms with Gasteiger partial charge in [0.25, 0.3) is 5.91 Å². The van der Waals surface area contributed by atoms with Gasteiger partial charge in [0.05, 0.1) is 12.0 Å². The Morgan fingerprint density at radius 1 is 0.861 bits per heavy atom. The smallest absolute Gasteiger partial charge is 0.255 e. The monoisotopic (exact) mass is 507 g/mol. The average molecular weight is 508 g/mol. The number of hydrogen-bond acceptors (Lipinski definition) is 3. The van der Waals surface area contributed by atoms with Crippen molar-refractivity contribution in [1.82, 2.24) is 0 Å². The Bertz CT molecular complexity index is 1000. The molecule has 2 aromatic carbocycles. The number of unbranched alkanes of at least 4 members (excludes halogenated alkanes) is 11. The van der Waals surface area contributed by atoms with Gasteiger partial charge in [-0.1, -0.05) is 107 Å². The number of carbonyl (C=O) groups is 1. The number of aromatic nitrogens is 1. The number of rotatable bonds is 18. The van der Waals surface area contributed by atoms with Gasteiger partial charge in [0.1, 0.15) is 5.75 Å². The molecule has 1 heterocycles. The zero-order chi connectivity index (χ0) is 25.3. The van der Waals surface area contributed by atoms with Crippen LogP contribution in [0.5, 0.6) is 5.75 Å². The molecule has 36 heavy (non-hydrogen) atoms. The number of nitrogens with zero attached hydrogens (tertiary/aromatic N) is 1. The van der Waals surface area contributed by atoms with Crippen LogP contribution in [0.2, 0.25) is 0 Å². The standard InChI is InChI=1S/C31H42N2O2S/c1-2-3-4-5-6-7-8-9-10-11-12-13-21-35-30-19-15-17-28(24-30)31(34)32-29-18-14-16-27(23-29)25-33-20-22-36-26-33/h14-20,22-24,26H,2-13,21,25H2,1H3/p+1. The Balaban J connectivity index is 1.30. The van der Waals surface area contributed by atoms with Crippen LogP contribution >= 0.6 is 11.3 Å². The van der Waals surface area contributed by atoms with Crippen molar-refractivity contribution in [2.75, 3.05) is 11.9 Å². The van der Waals surface area contributed by atoms with Crippen LogP contribution in [0, 0.1) is 0 Å². The number of nitrogens with one attached hydrogen (secondary N) is 1. The number of ether oxygens (including phenoxy) is 1. The van der Waals surface area contributed by atoms with Crippen LogP contribution in [-0.2, 0) is 6.54 Å². The summed E-state index contributed by atoms with van der Waals surface area (Å²) in [6.07, 6.45) is 18.0. The summed E-state index contributed by atoms with van der Waals surface area (Å²) in [4.78, 5) is 12.8. The van der Waals surface area contributed by atoms with Crippen LogP contribution in [0.1, 0.15) is 99.9 Å². The number of anilines is 1. The van der Waals surface area contributed by atoms with Gasteiger partial charge in [-0.3, -0.25) is 4.79 Å². The average Bonchev–Trinajstić information content (AvgIpc) is 3.40. The minimum Gasteiger partial charge on any atom is -0.494 e. The van der Waals surface area contributed by atoms with E-state index in [9.17, 15) is 4.79 Å². The molecule has 0 aliphatic heterocycles. The van der Waals surface area contributed by atoms with E-state index in [1.165, 1.54) is 70.6 Å². The summed E-state index contributed by atoms with van der Waals surface area (Å²) < 4.78 is 8.06. The van der Waals surface area contributed by atoms with Crippen LogP contribution in [-0.4, -0.2) is 12.5 Å². The van der Waals surface area contributed by atoms with E-state index >= 15 is 0 Å². The fraction of sp³-hybridized carbons (Fsp3) is 0.484. The van der Waals surface area contributed by atoms with Gasteiger partial charge in [0, 0.05) is 16.8 Å². The van der Waals surface area contributed by atoms with E-state index in [0.29, 0.717) is 12.2 Å². The molecular formula is C31H43N2O2S+. The number of carbonyl (C=O) groups excluding carboxylic acids is 1. The van der Waals surface area contributed by atoms with E-state index < -0.39 is 0 Å².